The molecule has 0 saturated carbocycles. The topological polar surface area (TPSA) is 27.7 Å². The molecular weight excluding hydrogens is 292 g/mol. The molecule has 2 heteroatoms. The number of nitrogens with zero attached hydrogens (tertiary/aromatic N) is 2. The molecule has 0 atom stereocenters. The Morgan fingerprint density at radius 3 is 1.54 bits per heavy atom. The molecule has 0 fully saturated rings. The van der Waals surface area contributed by atoms with Crippen LogP contribution in [0, 0.1) is 11.3 Å². The lowest BCUT2D eigenvalue weighted by molar-refractivity contribution is -0.697. The zero-order valence-corrected chi connectivity index (χ0v) is 15.8. The summed E-state index contributed by atoms with van der Waals surface area (Å²) in [6.45, 7) is 3.36. The number of rotatable bonds is 15. The first-order valence-electron chi connectivity index (χ1n) is 10.3. The maximum absolute atomic E-state index is 8.78. The Bertz CT molecular complexity index is 430. The summed E-state index contributed by atoms with van der Waals surface area (Å²) in [5.74, 6) is 0. The predicted octanol–water partition coefficient (Wildman–Crippen LogP) is 6.33. The molecule has 1 aromatic rings. The fourth-order valence-corrected chi connectivity index (χ4v) is 3.17. The standard InChI is InChI=1S/C22H37N2/c1-2-3-4-5-6-7-8-9-10-11-12-13-14-15-18-24-19-16-22(21-23)17-20-24/h16-17,19-20H,2-15,18H2,1H3/q+1. The molecule has 1 aromatic heterocycles. The average Bonchev–Trinajstić information content (AvgIpc) is 2.62. The number of aromatic nitrogens is 1. The van der Waals surface area contributed by atoms with Crippen LogP contribution in [0.3, 0.4) is 0 Å². The van der Waals surface area contributed by atoms with Crippen LogP contribution in [0.4, 0.5) is 0 Å². The van der Waals surface area contributed by atoms with E-state index in [4.69, 9.17) is 5.26 Å². The van der Waals surface area contributed by atoms with Crippen LogP contribution < -0.4 is 4.57 Å². The SMILES string of the molecule is CCCCCCCCCCCCCCCC[n+]1ccc(C#N)cc1. The summed E-state index contributed by atoms with van der Waals surface area (Å²) >= 11 is 0. The second-order valence-corrected chi connectivity index (χ2v) is 7.03. The molecule has 0 radical (unpaired) electrons. The van der Waals surface area contributed by atoms with Crippen molar-refractivity contribution in [3.05, 3.63) is 30.1 Å². The van der Waals surface area contributed by atoms with E-state index in [9.17, 15) is 0 Å². The lowest BCUT2D eigenvalue weighted by atomic mass is 10.0. The van der Waals surface area contributed by atoms with Crippen molar-refractivity contribution in [2.75, 3.05) is 0 Å². The maximum atomic E-state index is 8.78. The molecule has 0 bridgehead atoms. The second-order valence-electron chi connectivity index (χ2n) is 7.03. The lowest BCUT2D eigenvalue weighted by Crippen LogP contribution is -2.32. The Morgan fingerprint density at radius 2 is 1.12 bits per heavy atom. The molecule has 0 amide bonds. The minimum atomic E-state index is 0.743. The average molecular weight is 330 g/mol. The van der Waals surface area contributed by atoms with Gasteiger partial charge in [0.2, 0.25) is 0 Å². The Balaban J connectivity index is 1.81. The van der Waals surface area contributed by atoms with Gasteiger partial charge in [0.25, 0.3) is 0 Å². The van der Waals surface area contributed by atoms with E-state index < -0.39 is 0 Å². The summed E-state index contributed by atoms with van der Waals surface area (Å²) in [6.07, 6.45) is 23.7. The van der Waals surface area contributed by atoms with E-state index in [0.717, 1.165) is 12.1 Å². The van der Waals surface area contributed by atoms with Crippen LogP contribution in [0.25, 0.3) is 0 Å². The maximum Gasteiger partial charge on any atom is 0.170 e. The molecule has 1 rings (SSSR count). The highest BCUT2D eigenvalue weighted by molar-refractivity contribution is 5.23. The predicted molar refractivity (Wildman–Crippen MR) is 102 cm³/mol. The fourth-order valence-electron chi connectivity index (χ4n) is 3.17. The van der Waals surface area contributed by atoms with Crippen LogP contribution in [0.15, 0.2) is 24.5 Å². The first-order valence-corrected chi connectivity index (χ1v) is 10.3. The molecule has 0 aliphatic rings. The van der Waals surface area contributed by atoms with Crippen LogP contribution in [0.1, 0.15) is 102 Å². The summed E-state index contributed by atoms with van der Waals surface area (Å²) in [6, 6.07) is 5.95. The van der Waals surface area contributed by atoms with Gasteiger partial charge in [-0.1, -0.05) is 84.0 Å². The van der Waals surface area contributed by atoms with Crippen molar-refractivity contribution in [3.8, 4) is 6.07 Å². The summed E-state index contributed by atoms with van der Waals surface area (Å²) in [5.41, 5.74) is 0.743. The van der Waals surface area contributed by atoms with Gasteiger partial charge in [0.15, 0.2) is 12.4 Å². The molecule has 0 N–H and O–H groups in total. The first kappa shape index (κ1) is 20.7. The molecule has 134 valence electrons. The van der Waals surface area contributed by atoms with Crippen LogP contribution in [0.2, 0.25) is 0 Å². The van der Waals surface area contributed by atoms with E-state index in [1.165, 1.54) is 89.9 Å². The molecule has 2 nitrogen and oxygen atoms in total. The molecule has 0 unspecified atom stereocenters. The van der Waals surface area contributed by atoms with Crippen molar-refractivity contribution in [2.45, 2.75) is 103 Å². The van der Waals surface area contributed by atoms with Gasteiger partial charge in [-0.2, -0.15) is 5.26 Å². The van der Waals surface area contributed by atoms with Crippen molar-refractivity contribution in [3.63, 3.8) is 0 Å². The van der Waals surface area contributed by atoms with E-state index in [-0.39, 0.29) is 0 Å². The largest absolute Gasteiger partial charge is 0.205 e. The molecule has 0 spiro atoms. The number of pyridine rings is 1. The molecule has 0 aromatic carbocycles. The molecule has 0 saturated heterocycles. The van der Waals surface area contributed by atoms with Crippen molar-refractivity contribution in [1.29, 1.82) is 5.26 Å². The van der Waals surface area contributed by atoms with Crippen molar-refractivity contribution >= 4 is 0 Å². The highest BCUT2D eigenvalue weighted by Crippen LogP contribution is 2.12. The third-order valence-electron chi connectivity index (χ3n) is 4.79. The second kappa shape index (κ2) is 15.2. The number of unbranched alkanes of at least 4 members (excludes halogenated alkanes) is 13. The molecule has 0 aliphatic carbocycles. The Hall–Kier alpha value is -1.36. The van der Waals surface area contributed by atoms with Gasteiger partial charge in [-0.3, -0.25) is 0 Å². The van der Waals surface area contributed by atoms with Gasteiger partial charge in [0, 0.05) is 18.6 Å². The molecular formula is C22H37N2+. The monoisotopic (exact) mass is 329 g/mol. The summed E-state index contributed by atoms with van der Waals surface area (Å²) in [4.78, 5) is 0. The van der Waals surface area contributed by atoms with Crippen LogP contribution in [0.5, 0.6) is 0 Å². The molecule has 1 heterocycles. The lowest BCUT2D eigenvalue weighted by Gasteiger charge is -2.03. The Morgan fingerprint density at radius 1 is 0.708 bits per heavy atom. The highest BCUT2D eigenvalue weighted by atomic mass is 14.9. The number of nitriles is 1. The van der Waals surface area contributed by atoms with Crippen LogP contribution in [-0.4, -0.2) is 0 Å². The summed E-state index contributed by atoms with van der Waals surface area (Å²) in [7, 11) is 0. The van der Waals surface area contributed by atoms with E-state index in [0.29, 0.717) is 0 Å². The van der Waals surface area contributed by atoms with Gasteiger partial charge in [-0.05, 0) is 6.42 Å². The zero-order chi connectivity index (χ0) is 17.3. The number of aryl methyl sites for hydroxylation is 1. The minimum absolute atomic E-state index is 0.743. The van der Waals surface area contributed by atoms with Gasteiger partial charge in [0.05, 0.1) is 11.6 Å². The first-order chi connectivity index (χ1) is 11.9. The quantitative estimate of drug-likeness (QED) is 0.273. The van der Waals surface area contributed by atoms with E-state index in [1.807, 2.05) is 24.5 Å². The third kappa shape index (κ3) is 11.2. The van der Waals surface area contributed by atoms with Crippen molar-refractivity contribution in [1.82, 2.24) is 0 Å². The highest BCUT2D eigenvalue weighted by Gasteiger charge is 2.00. The third-order valence-corrected chi connectivity index (χ3v) is 4.79. The van der Waals surface area contributed by atoms with Crippen LogP contribution >= 0.6 is 0 Å². The number of hydrogen-bond acceptors (Lipinski definition) is 1. The zero-order valence-electron chi connectivity index (χ0n) is 15.8. The van der Waals surface area contributed by atoms with Crippen molar-refractivity contribution < 1.29 is 4.57 Å². The van der Waals surface area contributed by atoms with Gasteiger partial charge >= 0.3 is 0 Å². The Labute approximate surface area is 149 Å². The summed E-state index contributed by atoms with van der Waals surface area (Å²) < 4.78 is 2.18. The fraction of sp³-hybridized carbons (Fsp3) is 0.727. The van der Waals surface area contributed by atoms with Gasteiger partial charge < -0.3 is 0 Å². The number of hydrogen-bond donors (Lipinski definition) is 0. The van der Waals surface area contributed by atoms with Crippen LogP contribution in [-0.2, 0) is 6.54 Å². The van der Waals surface area contributed by atoms with Gasteiger partial charge in [-0.15, -0.1) is 0 Å². The van der Waals surface area contributed by atoms with E-state index in [1.54, 1.807) is 0 Å². The smallest absolute Gasteiger partial charge is 0.170 e. The van der Waals surface area contributed by atoms with E-state index >= 15 is 0 Å². The van der Waals surface area contributed by atoms with Gasteiger partial charge in [-0.25, -0.2) is 4.57 Å². The van der Waals surface area contributed by atoms with E-state index in [2.05, 4.69) is 17.6 Å². The molecule has 0 aliphatic heterocycles. The van der Waals surface area contributed by atoms with Gasteiger partial charge in [0.1, 0.15) is 6.54 Å². The molecule has 24 heavy (non-hydrogen) atoms. The minimum Gasteiger partial charge on any atom is -0.205 e. The Kier molecular flexibility index (Phi) is 13.1. The van der Waals surface area contributed by atoms with Crippen molar-refractivity contribution in [2.24, 2.45) is 0 Å². The normalized spacial score (nSPS) is 10.7. The summed E-state index contributed by atoms with van der Waals surface area (Å²) in [5, 5.41) is 8.78.